The molecule has 0 saturated carbocycles. The van der Waals surface area contributed by atoms with Gasteiger partial charge in [0.15, 0.2) is 5.82 Å². The quantitative estimate of drug-likeness (QED) is 0.786. The minimum Gasteiger partial charge on any atom is -0.334 e. The molecule has 7 heteroatoms. The summed E-state index contributed by atoms with van der Waals surface area (Å²) in [6, 6.07) is 3.27. The largest absolute Gasteiger partial charge is 0.417 e. The van der Waals surface area contributed by atoms with Crippen LogP contribution in [0.3, 0.4) is 0 Å². The number of aromatic nitrogens is 2. The van der Waals surface area contributed by atoms with Crippen LogP contribution in [0, 0.1) is 6.92 Å². The Morgan fingerprint density at radius 1 is 1.29 bits per heavy atom. The molecule has 0 aliphatic heterocycles. The lowest BCUT2D eigenvalue weighted by atomic mass is 10.1. The summed E-state index contributed by atoms with van der Waals surface area (Å²) in [5, 5.41) is 3.15. The SMILES string of the molecule is Cc1noc(-c2ccc(C(F)(F)F)c(Cl)c2)n1. The van der Waals surface area contributed by atoms with E-state index in [4.69, 9.17) is 16.1 Å². The number of hydrogen-bond donors (Lipinski definition) is 0. The van der Waals surface area contributed by atoms with E-state index in [0.717, 1.165) is 12.1 Å². The van der Waals surface area contributed by atoms with Gasteiger partial charge in [-0.3, -0.25) is 0 Å². The van der Waals surface area contributed by atoms with Gasteiger partial charge in [0.25, 0.3) is 5.89 Å². The molecule has 0 bridgehead atoms. The highest BCUT2D eigenvalue weighted by atomic mass is 35.5. The first-order valence-corrected chi connectivity index (χ1v) is 4.93. The molecule has 0 atom stereocenters. The highest BCUT2D eigenvalue weighted by Gasteiger charge is 2.33. The fourth-order valence-corrected chi connectivity index (χ4v) is 1.58. The number of nitrogens with zero attached hydrogens (tertiary/aromatic N) is 2. The van der Waals surface area contributed by atoms with Gasteiger partial charge in [0.05, 0.1) is 10.6 Å². The van der Waals surface area contributed by atoms with Crippen LogP contribution in [0.4, 0.5) is 13.2 Å². The molecule has 0 saturated heterocycles. The fourth-order valence-electron chi connectivity index (χ4n) is 1.29. The molecule has 0 spiro atoms. The molecule has 0 unspecified atom stereocenters. The average Bonchev–Trinajstić information content (AvgIpc) is 2.62. The minimum atomic E-state index is -4.47. The Kier molecular flexibility index (Phi) is 2.82. The number of aryl methyl sites for hydroxylation is 1. The zero-order valence-electron chi connectivity index (χ0n) is 8.55. The van der Waals surface area contributed by atoms with Gasteiger partial charge in [0.1, 0.15) is 0 Å². The third kappa shape index (κ3) is 2.41. The van der Waals surface area contributed by atoms with E-state index >= 15 is 0 Å². The molecular formula is C10H6ClF3N2O. The Morgan fingerprint density at radius 3 is 2.47 bits per heavy atom. The molecular weight excluding hydrogens is 257 g/mol. The average molecular weight is 263 g/mol. The van der Waals surface area contributed by atoms with Gasteiger partial charge < -0.3 is 4.52 Å². The summed E-state index contributed by atoms with van der Waals surface area (Å²) in [7, 11) is 0. The topological polar surface area (TPSA) is 38.9 Å². The van der Waals surface area contributed by atoms with E-state index in [1.807, 2.05) is 0 Å². The Hall–Kier alpha value is -1.56. The molecule has 0 radical (unpaired) electrons. The molecule has 2 rings (SSSR count). The van der Waals surface area contributed by atoms with Crippen LogP contribution in [0.1, 0.15) is 11.4 Å². The second-order valence-corrected chi connectivity index (χ2v) is 3.75. The van der Waals surface area contributed by atoms with E-state index in [1.54, 1.807) is 6.92 Å². The van der Waals surface area contributed by atoms with Crippen LogP contribution in [-0.2, 0) is 6.18 Å². The van der Waals surface area contributed by atoms with Crippen molar-refractivity contribution in [3.05, 3.63) is 34.6 Å². The fraction of sp³-hybridized carbons (Fsp3) is 0.200. The molecule has 1 heterocycles. The van der Waals surface area contributed by atoms with Gasteiger partial charge in [0, 0.05) is 5.56 Å². The Labute approximate surface area is 99.2 Å². The second kappa shape index (κ2) is 4.03. The van der Waals surface area contributed by atoms with Gasteiger partial charge >= 0.3 is 6.18 Å². The van der Waals surface area contributed by atoms with E-state index < -0.39 is 16.8 Å². The molecule has 3 nitrogen and oxygen atoms in total. The first-order chi connectivity index (χ1) is 7.88. The van der Waals surface area contributed by atoms with Crippen molar-refractivity contribution in [1.82, 2.24) is 10.1 Å². The zero-order chi connectivity index (χ0) is 12.6. The molecule has 0 aliphatic rings. The van der Waals surface area contributed by atoms with Crippen LogP contribution in [0.25, 0.3) is 11.5 Å². The Balaban J connectivity index is 2.44. The van der Waals surface area contributed by atoms with Gasteiger partial charge in [-0.1, -0.05) is 16.8 Å². The summed E-state index contributed by atoms with van der Waals surface area (Å²) in [6.45, 7) is 1.61. The first-order valence-electron chi connectivity index (χ1n) is 4.55. The van der Waals surface area contributed by atoms with Crippen LogP contribution in [-0.4, -0.2) is 10.1 Å². The molecule has 0 N–H and O–H groups in total. The molecule has 1 aromatic carbocycles. The molecule has 1 aromatic heterocycles. The van der Waals surface area contributed by atoms with Crippen molar-refractivity contribution in [3.8, 4) is 11.5 Å². The molecule has 90 valence electrons. The number of alkyl halides is 3. The molecule has 0 amide bonds. The highest BCUT2D eigenvalue weighted by Crippen LogP contribution is 2.36. The number of rotatable bonds is 1. The van der Waals surface area contributed by atoms with Gasteiger partial charge in [-0.15, -0.1) is 0 Å². The van der Waals surface area contributed by atoms with Crippen molar-refractivity contribution in [2.45, 2.75) is 13.1 Å². The Morgan fingerprint density at radius 2 is 2.00 bits per heavy atom. The summed E-state index contributed by atoms with van der Waals surface area (Å²) in [4.78, 5) is 3.90. The normalized spacial score (nSPS) is 11.8. The van der Waals surface area contributed by atoms with E-state index in [1.165, 1.54) is 6.07 Å². The zero-order valence-corrected chi connectivity index (χ0v) is 9.30. The lowest BCUT2D eigenvalue weighted by Gasteiger charge is -2.08. The predicted octanol–water partition coefficient (Wildman–Crippen LogP) is 3.72. The highest BCUT2D eigenvalue weighted by molar-refractivity contribution is 6.31. The van der Waals surface area contributed by atoms with E-state index in [9.17, 15) is 13.2 Å². The maximum atomic E-state index is 12.5. The van der Waals surface area contributed by atoms with Gasteiger partial charge in [-0.25, -0.2) is 0 Å². The van der Waals surface area contributed by atoms with Crippen molar-refractivity contribution in [1.29, 1.82) is 0 Å². The third-order valence-corrected chi connectivity index (χ3v) is 2.36. The van der Waals surface area contributed by atoms with Crippen LogP contribution in [0.5, 0.6) is 0 Å². The predicted molar refractivity (Wildman–Crippen MR) is 54.5 cm³/mol. The van der Waals surface area contributed by atoms with Crippen molar-refractivity contribution in [2.24, 2.45) is 0 Å². The minimum absolute atomic E-state index is 0.137. The van der Waals surface area contributed by atoms with Crippen molar-refractivity contribution >= 4 is 11.6 Å². The summed E-state index contributed by atoms with van der Waals surface area (Å²) < 4.78 is 42.2. The van der Waals surface area contributed by atoms with E-state index in [0.29, 0.717) is 11.4 Å². The molecule has 0 aliphatic carbocycles. The monoisotopic (exact) mass is 262 g/mol. The van der Waals surface area contributed by atoms with Crippen LogP contribution in [0.2, 0.25) is 5.02 Å². The maximum Gasteiger partial charge on any atom is 0.417 e. The Bertz CT molecular complexity index is 551. The number of halogens is 4. The van der Waals surface area contributed by atoms with Crippen molar-refractivity contribution < 1.29 is 17.7 Å². The van der Waals surface area contributed by atoms with Crippen LogP contribution < -0.4 is 0 Å². The van der Waals surface area contributed by atoms with Crippen LogP contribution >= 0.6 is 11.6 Å². The van der Waals surface area contributed by atoms with Crippen molar-refractivity contribution in [2.75, 3.05) is 0 Å². The summed E-state index contributed by atoms with van der Waals surface area (Å²) >= 11 is 5.56. The third-order valence-electron chi connectivity index (χ3n) is 2.05. The van der Waals surface area contributed by atoms with Crippen molar-refractivity contribution in [3.63, 3.8) is 0 Å². The molecule has 2 aromatic rings. The molecule has 17 heavy (non-hydrogen) atoms. The first kappa shape index (κ1) is 11.9. The van der Waals surface area contributed by atoms with Gasteiger partial charge in [-0.2, -0.15) is 18.2 Å². The van der Waals surface area contributed by atoms with Gasteiger partial charge in [0.2, 0.25) is 0 Å². The smallest absolute Gasteiger partial charge is 0.334 e. The molecule has 0 fully saturated rings. The summed E-state index contributed by atoms with van der Waals surface area (Å²) in [6.07, 6.45) is -4.47. The number of benzene rings is 1. The van der Waals surface area contributed by atoms with E-state index in [-0.39, 0.29) is 5.89 Å². The summed E-state index contributed by atoms with van der Waals surface area (Å²) in [5.74, 6) is 0.536. The summed E-state index contributed by atoms with van der Waals surface area (Å²) in [5.41, 5.74) is -0.539. The maximum absolute atomic E-state index is 12.5. The standard InChI is InChI=1S/C10H6ClF3N2O/c1-5-15-9(17-16-5)6-2-3-7(8(11)4-6)10(12,13)14/h2-4H,1H3. The van der Waals surface area contributed by atoms with E-state index in [2.05, 4.69) is 10.1 Å². The second-order valence-electron chi connectivity index (χ2n) is 3.34. The lowest BCUT2D eigenvalue weighted by Crippen LogP contribution is -2.05. The number of hydrogen-bond acceptors (Lipinski definition) is 3. The lowest BCUT2D eigenvalue weighted by molar-refractivity contribution is -0.137. The van der Waals surface area contributed by atoms with Gasteiger partial charge in [-0.05, 0) is 25.1 Å². The van der Waals surface area contributed by atoms with Crippen LogP contribution in [0.15, 0.2) is 22.7 Å².